The Morgan fingerprint density at radius 1 is 1.04 bits per heavy atom. The highest BCUT2D eigenvalue weighted by molar-refractivity contribution is 5.83. The van der Waals surface area contributed by atoms with Crippen molar-refractivity contribution in [1.29, 1.82) is 0 Å². The van der Waals surface area contributed by atoms with Crippen LogP contribution in [0.3, 0.4) is 0 Å². The molecule has 0 bridgehead atoms. The number of carbonyl (C=O) groups excluding carboxylic acids is 1. The van der Waals surface area contributed by atoms with Crippen LogP contribution < -0.4 is 15.6 Å². The van der Waals surface area contributed by atoms with Crippen LogP contribution in [0.1, 0.15) is 29.5 Å². The zero-order valence-electron chi connectivity index (χ0n) is 14.6. The number of hydrazine groups is 1. The zero-order chi connectivity index (χ0) is 17.5. The average molecular weight is 349 g/mol. The molecule has 2 N–H and O–H groups in total. The third-order valence-electron chi connectivity index (χ3n) is 5.97. The molecule has 5 nitrogen and oxygen atoms in total. The number of likely N-dealkylation sites (tertiary alicyclic amines) is 1. The van der Waals surface area contributed by atoms with Gasteiger partial charge in [0.25, 0.3) is 0 Å². The molecule has 2 aromatic carbocycles. The second-order valence-corrected chi connectivity index (χ2v) is 7.44. The van der Waals surface area contributed by atoms with E-state index in [1.165, 1.54) is 5.56 Å². The summed E-state index contributed by atoms with van der Waals surface area (Å²) >= 11 is 0. The molecule has 26 heavy (non-hydrogen) atoms. The summed E-state index contributed by atoms with van der Waals surface area (Å²) in [6.07, 6.45) is 1.03. The maximum Gasteiger partial charge on any atom is 0.241 e. The maximum atomic E-state index is 13.2. The van der Waals surface area contributed by atoms with E-state index < -0.39 is 0 Å². The van der Waals surface area contributed by atoms with Gasteiger partial charge in [-0.3, -0.25) is 4.79 Å². The van der Waals surface area contributed by atoms with Crippen LogP contribution in [0.4, 0.5) is 0 Å². The molecule has 0 radical (unpaired) electrons. The van der Waals surface area contributed by atoms with Gasteiger partial charge in [-0.25, -0.2) is 10.9 Å². The standard InChI is InChI=1S/C21H23N3O2/c25-21(24-11-10-15(12-24)14-6-2-1-3-7-14)20-17-13-26-18-9-5-4-8-16(18)19(17)22-23-20/h1-9,15,17,19-20,22-23H,10-13H2. The summed E-state index contributed by atoms with van der Waals surface area (Å²) in [6.45, 7) is 2.19. The molecule has 3 aliphatic rings. The Hall–Kier alpha value is -2.37. The van der Waals surface area contributed by atoms with Crippen LogP contribution in [0.2, 0.25) is 0 Å². The predicted molar refractivity (Wildman–Crippen MR) is 98.6 cm³/mol. The Labute approximate surface area is 153 Å². The number of amides is 1. The Balaban J connectivity index is 1.30. The van der Waals surface area contributed by atoms with E-state index in [-0.39, 0.29) is 23.9 Å². The first-order chi connectivity index (χ1) is 12.8. The van der Waals surface area contributed by atoms with E-state index in [2.05, 4.69) is 41.2 Å². The van der Waals surface area contributed by atoms with Gasteiger partial charge < -0.3 is 9.64 Å². The van der Waals surface area contributed by atoms with Gasteiger partial charge in [-0.1, -0.05) is 48.5 Å². The smallest absolute Gasteiger partial charge is 0.241 e. The monoisotopic (exact) mass is 349 g/mol. The molecule has 3 aliphatic heterocycles. The van der Waals surface area contributed by atoms with Crippen molar-refractivity contribution in [2.24, 2.45) is 5.92 Å². The summed E-state index contributed by atoms with van der Waals surface area (Å²) in [5.74, 6) is 1.66. The number of benzene rings is 2. The lowest BCUT2D eigenvalue weighted by Gasteiger charge is -2.30. The van der Waals surface area contributed by atoms with Crippen molar-refractivity contribution >= 4 is 5.91 Å². The van der Waals surface area contributed by atoms with Crippen LogP contribution in [0.5, 0.6) is 5.75 Å². The van der Waals surface area contributed by atoms with E-state index in [1.807, 2.05) is 29.2 Å². The Morgan fingerprint density at radius 3 is 2.73 bits per heavy atom. The molecule has 4 unspecified atom stereocenters. The third kappa shape index (κ3) is 2.59. The summed E-state index contributed by atoms with van der Waals surface area (Å²) in [5.41, 5.74) is 9.05. The Bertz CT molecular complexity index is 810. The van der Waals surface area contributed by atoms with Gasteiger partial charge in [-0.05, 0) is 18.1 Å². The average Bonchev–Trinajstić information content (AvgIpc) is 3.36. The number of nitrogens with one attached hydrogen (secondary N) is 2. The van der Waals surface area contributed by atoms with Crippen molar-refractivity contribution in [2.75, 3.05) is 19.7 Å². The maximum absolute atomic E-state index is 13.2. The number of ether oxygens (including phenoxy) is 1. The van der Waals surface area contributed by atoms with Gasteiger partial charge in [-0.2, -0.15) is 0 Å². The van der Waals surface area contributed by atoms with E-state index >= 15 is 0 Å². The molecule has 0 aromatic heterocycles. The van der Waals surface area contributed by atoms with Crippen molar-refractivity contribution < 1.29 is 9.53 Å². The minimum Gasteiger partial charge on any atom is -0.493 e. The molecule has 134 valence electrons. The van der Waals surface area contributed by atoms with Crippen LogP contribution in [-0.2, 0) is 4.79 Å². The second-order valence-electron chi connectivity index (χ2n) is 7.44. The number of carbonyl (C=O) groups is 1. The van der Waals surface area contributed by atoms with Crippen molar-refractivity contribution in [3.05, 3.63) is 65.7 Å². The summed E-state index contributed by atoms with van der Waals surface area (Å²) in [4.78, 5) is 15.2. The van der Waals surface area contributed by atoms with Crippen LogP contribution in [0.25, 0.3) is 0 Å². The highest BCUT2D eigenvalue weighted by Crippen LogP contribution is 2.39. The number of hydrogen-bond acceptors (Lipinski definition) is 4. The summed E-state index contributed by atoms with van der Waals surface area (Å²) < 4.78 is 5.92. The first-order valence-corrected chi connectivity index (χ1v) is 9.38. The largest absolute Gasteiger partial charge is 0.493 e. The van der Waals surface area contributed by atoms with E-state index in [0.717, 1.165) is 30.8 Å². The number of fused-ring (bicyclic) bond motifs is 3. The van der Waals surface area contributed by atoms with Gasteiger partial charge in [0.2, 0.25) is 5.91 Å². The first-order valence-electron chi connectivity index (χ1n) is 9.38. The van der Waals surface area contributed by atoms with Gasteiger partial charge in [0.1, 0.15) is 11.8 Å². The molecular weight excluding hydrogens is 326 g/mol. The van der Waals surface area contributed by atoms with Gasteiger partial charge in [0.15, 0.2) is 0 Å². The molecule has 2 aromatic rings. The number of nitrogens with zero attached hydrogens (tertiary/aromatic N) is 1. The van der Waals surface area contributed by atoms with Gasteiger partial charge >= 0.3 is 0 Å². The topological polar surface area (TPSA) is 53.6 Å². The minimum atomic E-state index is -0.233. The lowest BCUT2D eigenvalue weighted by atomic mass is 9.87. The lowest BCUT2D eigenvalue weighted by molar-refractivity contribution is -0.133. The van der Waals surface area contributed by atoms with Gasteiger partial charge in [-0.15, -0.1) is 0 Å². The molecule has 1 amide bonds. The Kier molecular flexibility index (Phi) is 3.91. The summed E-state index contributed by atoms with van der Waals surface area (Å²) in [6, 6.07) is 18.5. The number of para-hydroxylation sites is 1. The van der Waals surface area contributed by atoms with E-state index in [1.54, 1.807) is 0 Å². The predicted octanol–water partition coefficient (Wildman–Crippen LogP) is 2.23. The first kappa shape index (κ1) is 15.9. The van der Waals surface area contributed by atoms with Crippen molar-refractivity contribution in [3.8, 4) is 5.75 Å². The summed E-state index contributed by atoms with van der Waals surface area (Å²) in [7, 11) is 0. The van der Waals surface area contributed by atoms with Crippen molar-refractivity contribution in [2.45, 2.75) is 24.4 Å². The zero-order valence-corrected chi connectivity index (χ0v) is 14.6. The van der Waals surface area contributed by atoms with Crippen LogP contribution in [-0.4, -0.2) is 36.5 Å². The normalized spacial score (nSPS) is 29.8. The lowest BCUT2D eigenvalue weighted by Crippen LogP contribution is -2.48. The van der Waals surface area contributed by atoms with E-state index in [9.17, 15) is 4.79 Å². The fourth-order valence-corrected chi connectivity index (χ4v) is 4.54. The van der Waals surface area contributed by atoms with E-state index in [4.69, 9.17) is 4.74 Å². The molecular formula is C21H23N3O2. The fourth-order valence-electron chi connectivity index (χ4n) is 4.54. The molecule has 2 fully saturated rings. The molecule has 0 spiro atoms. The van der Waals surface area contributed by atoms with E-state index in [0.29, 0.717) is 12.5 Å². The van der Waals surface area contributed by atoms with Gasteiger partial charge in [0.05, 0.1) is 12.6 Å². The molecule has 5 heteroatoms. The molecule has 4 atom stereocenters. The Morgan fingerprint density at radius 2 is 1.85 bits per heavy atom. The number of rotatable bonds is 2. The third-order valence-corrected chi connectivity index (χ3v) is 5.97. The van der Waals surface area contributed by atoms with Crippen LogP contribution in [0, 0.1) is 5.92 Å². The highest BCUT2D eigenvalue weighted by atomic mass is 16.5. The van der Waals surface area contributed by atoms with Crippen molar-refractivity contribution in [3.63, 3.8) is 0 Å². The molecule has 5 rings (SSSR count). The van der Waals surface area contributed by atoms with Crippen LogP contribution in [0.15, 0.2) is 54.6 Å². The number of hydrogen-bond donors (Lipinski definition) is 2. The SMILES string of the molecule is O=C(C1NNC2c3ccccc3OCC12)N1CCC(c2ccccc2)C1. The molecule has 0 saturated carbocycles. The molecule has 2 saturated heterocycles. The second kappa shape index (κ2) is 6.41. The van der Waals surface area contributed by atoms with Crippen LogP contribution >= 0.6 is 0 Å². The minimum absolute atomic E-state index is 0.119. The quantitative estimate of drug-likeness (QED) is 0.873. The van der Waals surface area contributed by atoms with Gasteiger partial charge in [0, 0.05) is 30.5 Å². The van der Waals surface area contributed by atoms with Crippen molar-refractivity contribution in [1.82, 2.24) is 15.8 Å². The molecule has 3 heterocycles. The summed E-state index contributed by atoms with van der Waals surface area (Å²) in [5, 5.41) is 0. The fraction of sp³-hybridized carbons (Fsp3) is 0.381. The highest BCUT2D eigenvalue weighted by Gasteiger charge is 2.46. The molecule has 0 aliphatic carbocycles.